The summed E-state index contributed by atoms with van der Waals surface area (Å²) in [6.45, 7) is 4.21. The van der Waals surface area contributed by atoms with Gasteiger partial charge in [-0.3, -0.25) is 9.59 Å². The zero-order valence-electron chi connectivity index (χ0n) is 14.4. The fraction of sp³-hybridized carbons (Fsp3) is 0.278. The molecule has 7 nitrogen and oxygen atoms in total. The lowest BCUT2D eigenvalue weighted by Gasteiger charge is -2.35. The maximum atomic E-state index is 12.3. The predicted molar refractivity (Wildman–Crippen MR) is 103 cm³/mol. The maximum absolute atomic E-state index is 12.3. The molecule has 2 amide bonds. The van der Waals surface area contributed by atoms with Gasteiger partial charge in [-0.1, -0.05) is 0 Å². The molecule has 1 saturated heterocycles. The summed E-state index contributed by atoms with van der Waals surface area (Å²) >= 11 is 5.04. The van der Waals surface area contributed by atoms with Gasteiger partial charge in [0.05, 0.1) is 6.26 Å². The Morgan fingerprint density at radius 3 is 2.35 bits per heavy atom. The number of thiocarbonyl (C=S) groups is 1. The van der Waals surface area contributed by atoms with Crippen molar-refractivity contribution in [3.63, 3.8) is 0 Å². The fourth-order valence-corrected chi connectivity index (χ4v) is 3.06. The average Bonchev–Trinajstić information content (AvgIpc) is 3.16. The third-order valence-corrected chi connectivity index (χ3v) is 4.28. The SMILES string of the molecule is CC(=O)NC(=S)Nc1ccc(N2CCN(C(=O)c3ccco3)CC2)cc1. The van der Waals surface area contributed by atoms with E-state index in [-0.39, 0.29) is 16.9 Å². The molecule has 8 heteroatoms. The first-order chi connectivity index (χ1) is 12.5. The summed E-state index contributed by atoms with van der Waals surface area (Å²) in [5, 5.41) is 5.75. The van der Waals surface area contributed by atoms with Crippen molar-refractivity contribution in [1.82, 2.24) is 10.2 Å². The minimum Gasteiger partial charge on any atom is -0.459 e. The molecule has 1 aromatic carbocycles. The first kappa shape index (κ1) is 17.9. The second-order valence-corrected chi connectivity index (χ2v) is 6.35. The van der Waals surface area contributed by atoms with Gasteiger partial charge in [-0.2, -0.15) is 0 Å². The monoisotopic (exact) mass is 372 g/mol. The molecule has 1 fully saturated rings. The topological polar surface area (TPSA) is 77.8 Å². The fourth-order valence-electron chi connectivity index (χ4n) is 2.80. The summed E-state index contributed by atoms with van der Waals surface area (Å²) in [7, 11) is 0. The van der Waals surface area contributed by atoms with Crippen LogP contribution in [-0.2, 0) is 4.79 Å². The quantitative estimate of drug-likeness (QED) is 0.804. The molecule has 0 spiro atoms. The van der Waals surface area contributed by atoms with Gasteiger partial charge in [0.1, 0.15) is 0 Å². The summed E-state index contributed by atoms with van der Waals surface area (Å²) in [5.41, 5.74) is 1.88. The van der Waals surface area contributed by atoms with Crippen molar-refractivity contribution in [3.8, 4) is 0 Å². The van der Waals surface area contributed by atoms with E-state index in [0.717, 1.165) is 24.5 Å². The van der Waals surface area contributed by atoms with Crippen LogP contribution in [0.5, 0.6) is 0 Å². The van der Waals surface area contributed by atoms with E-state index in [2.05, 4.69) is 15.5 Å². The number of hydrogen-bond donors (Lipinski definition) is 2. The number of benzene rings is 1. The van der Waals surface area contributed by atoms with Gasteiger partial charge in [-0.15, -0.1) is 0 Å². The molecule has 0 atom stereocenters. The van der Waals surface area contributed by atoms with Gasteiger partial charge >= 0.3 is 0 Å². The minimum atomic E-state index is -0.207. The number of carbonyl (C=O) groups is 2. The highest BCUT2D eigenvalue weighted by atomic mass is 32.1. The van der Waals surface area contributed by atoms with Crippen molar-refractivity contribution in [1.29, 1.82) is 0 Å². The molecule has 1 aliphatic rings. The number of hydrogen-bond acceptors (Lipinski definition) is 5. The molecule has 136 valence electrons. The third-order valence-electron chi connectivity index (χ3n) is 4.08. The summed E-state index contributed by atoms with van der Waals surface area (Å²) in [6, 6.07) is 11.2. The van der Waals surface area contributed by atoms with Gasteiger partial charge in [-0.05, 0) is 48.6 Å². The highest BCUT2D eigenvalue weighted by molar-refractivity contribution is 7.80. The molecular formula is C18H20N4O3S. The smallest absolute Gasteiger partial charge is 0.289 e. The van der Waals surface area contributed by atoms with E-state index in [9.17, 15) is 9.59 Å². The first-order valence-electron chi connectivity index (χ1n) is 8.29. The van der Waals surface area contributed by atoms with Gasteiger partial charge in [0.25, 0.3) is 5.91 Å². The molecule has 1 aliphatic heterocycles. The summed E-state index contributed by atoms with van der Waals surface area (Å²) in [6.07, 6.45) is 1.51. The van der Waals surface area contributed by atoms with Crippen LogP contribution in [-0.4, -0.2) is 48.0 Å². The number of carbonyl (C=O) groups excluding carboxylic acids is 2. The van der Waals surface area contributed by atoms with Crippen LogP contribution in [0.3, 0.4) is 0 Å². The van der Waals surface area contributed by atoms with E-state index in [4.69, 9.17) is 16.6 Å². The van der Waals surface area contributed by atoms with E-state index >= 15 is 0 Å². The molecule has 3 rings (SSSR count). The summed E-state index contributed by atoms with van der Waals surface area (Å²) in [4.78, 5) is 27.3. The van der Waals surface area contributed by atoms with Crippen molar-refractivity contribution >= 4 is 40.5 Å². The zero-order chi connectivity index (χ0) is 18.5. The minimum absolute atomic E-state index is 0.0688. The van der Waals surface area contributed by atoms with Crippen molar-refractivity contribution in [2.24, 2.45) is 0 Å². The molecule has 0 aliphatic carbocycles. The van der Waals surface area contributed by atoms with Crippen LogP contribution in [0.25, 0.3) is 0 Å². The number of furan rings is 1. The average molecular weight is 372 g/mol. The number of nitrogens with one attached hydrogen (secondary N) is 2. The zero-order valence-corrected chi connectivity index (χ0v) is 15.2. The van der Waals surface area contributed by atoms with Crippen LogP contribution in [0.2, 0.25) is 0 Å². The molecule has 2 N–H and O–H groups in total. The van der Waals surface area contributed by atoms with Crippen LogP contribution in [0, 0.1) is 0 Å². The summed E-state index contributed by atoms with van der Waals surface area (Å²) in [5.74, 6) is 0.103. The Balaban J connectivity index is 1.54. The maximum Gasteiger partial charge on any atom is 0.289 e. The molecule has 1 aromatic heterocycles. The van der Waals surface area contributed by atoms with Crippen molar-refractivity contribution < 1.29 is 14.0 Å². The predicted octanol–water partition coefficient (Wildman–Crippen LogP) is 2.07. The highest BCUT2D eigenvalue weighted by Crippen LogP contribution is 2.20. The van der Waals surface area contributed by atoms with Gasteiger partial charge in [0.15, 0.2) is 10.9 Å². The Kier molecular flexibility index (Phi) is 5.52. The van der Waals surface area contributed by atoms with E-state index in [1.54, 1.807) is 17.0 Å². The molecule has 0 bridgehead atoms. The largest absolute Gasteiger partial charge is 0.459 e. The number of anilines is 2. The highest BCUT2D eigenvalue weighted by Gasteiger charge is 2.23. The van der Waals surface area contributed by atoms with Crippen LogP contribution >= 0.6 is 12.2 Å². The van der Waals surface area contributed by atoms with Crippen molar-refractivity contribution in [2.75, 3.05) is 36.4 Å². The van der Waals surface area contributed by atoms with Crippen LogP contribution in [0.15, 0.2) is 47.1 Å². The molecule has 2 heterocycles. The lowest BCUT2D eigenvalue weighted by molar-refractivity contribution is -0.117. The van der Waals surface area contributed by atoms with E-state index < -0.39 is 0 Å². The standard InChI is InChI=1S/C18H20N4O3S/c1-13(23)19-18(26)20-14-4-6-15(7-5-14)21-8-10-22(11-9-21)17(24)16-3-2-12-25-16/h2-7,12H,8-11H2,1H3,(H2,19,20,23,26). The molecular weight excluding hydrogens is 352 g/mol. The van der Waals surface area contributed by atoms with Gasteiger partial charge in [0.2, 0.25) is 5.91 Å². The lowest BCUT2D eigenvalue weighted by Crippen LogP contribution is -2.48. The van der Waals surface area contributed by atoms with Crippen LogP contribution in [0.4, 0.5) is 11.4 Å². The lowest BCUT2D eigenvalue weighted by atomic mass is 10.2. The Bertz CT molecular complexity index is 781. The Labute approximate surface area is 156 Å². The summed E-state index contributed by atoms with van der Waals surface area (Å²) < 4.78 is 5.18. The number of piperazine rings is 1. The molecule has 0 unspecified atom stereocenters. The van der Waals surface area contributed by atoms with Crippen LogP contribution < -0.4 is 15.5 Å². The van der Waals surface area contributed by atoms with E-state index in [0.29, 0.717) is 18.8 Å². The normalized spacial score (nSPS) is 14.0. The van der Waals surface area contributed by atoms with E-state index in [1.807, 2.05) is 24.3 Å². The Morgan fingerprint density at radius 2 is 1.77 bits per heavy atom. The molecule has 0 radical (unpaired) electrons. The number of nitrogens with zero attached hydrogens (tertiary/aromatic N) is 2. The Hall–Kier alpha value is -2.87. The molecule has 2 aromatic rings. The van der Waals surface area contributed by atoms with Crippen molar-refractivity contribution in [2.45, 2.75) is 6.92 Å². The van der Waals surface area contributed by atoms with Crippen LogP contribution in [0.1, 0.15) is 17.5 Å². The molecule has 26 heavy (non-hydrogen) atoms. The molecule has 0 saturated carbocycles. The third kappa shape index (κ3) is 4.40. The Morgan fingerprint density at radius 1 is 1.08 bits per heavy atom. The van der Waals surface area contributed by atoms with Gasteiger partial charge in [-0.25, -0.2) is 0 Å². The number of amides is 2. The number of rotatable bonds is 3. The van der Waals surface area contributed by atoms with E-state index in [1.165, 1.54) is 13.2 Å². The van der Waals surface area contributed by atoms with Crippen molar-refractivity contribution in [3.05, 3.63) is 48.4 Å². The first-order valence-corrected chi connectivity index (χ1v) is 8.70. The second-order valence-electron chi connectivity index (χ2n) is 5.94. The second kappa shape index (κ2) is 8.01. The van der Waals surface area contributed by atoms with Gasteiger partial charge < -0.3 is 24.9 Å². The van der Waals surface area contributed by atoms with Gasteiger partial charge in [0, 0.05) is 44.5 Å².